The average Bonchev–Trinajstić information content (AvgIpc) is 3.10. The summed E-state index contributed by atoms with van der Waals surface area (Å²) >= 11 is 0. The number of amides is 4. The molecule has 1 aliphatic heterocycles. The van der Waals surface area contributed by atoms with Crippen LogP contribution in [-0.2, 0) is 19.2 Å². The second kappa shape index (κ2) is 10.6. The molecule has 3 N–H and O–H groups in total. The molecule has 1 unspecified atom stereocenters. The van der Waals surface area contributed by atoms with Gasteiger partial charge in [0.05, 0.1) is 11.6 Å². The summed E-state index contributed by atoms with van der Waals surface area (Å²) in [5.74, 6) is -1.75. The zero-order chi connectivity index (χ0) is 28.8. The summed E-state index contributed by atoms with van der Waals surface area (Å²) in [6.07, 6.45) is 3.41. The van der Waals surface area contributed by atoms with Crippen molar-refractivity contribution in [1.82, 2.24) is 20.9 Å². The highest BCUT2D eigenvalue weighted by molar-refractivity contribution is 6.38. The Labute approximate surface area is 225 Å². The third-order valence-corrected chi connectivity index (χ3v) is 8.71. The van der Waals surface area contributed by atoms with Crippen LogP contribution in [0.1, 0.15) is 81.1 Å². The maximum absolute atomic E-state index is 13.9. The molecule has 0 radical (unpaired) electrons. The Hall–Kier alpha value is -2.52. The molecule has 1 heterocycles. The second-order valence-corrected chi connectivity index (χ2v) is 13.8. The molecule has 38 heavy (non-hydrogen) atoms. The van der Waals surface area contributed by atoms with Gasteiger partial charge in [-0.15, -0.1) is 0 Å². The van der Waals surface area contributed by atoms with E-state index in [0.717, 1.165) is 19.3 Å². The Kier molecular flexibility index (Phi) is 8.35. The molecule has 0 aromatic carbocycles. The fourth-order valence-corrected chi connectivity index (χ4v) is 5.93. The Morgan fingerprint density at radius 1 is 1.03 bits per heavy atom. The second-order valence-electron chi connectivity index (χ2n) is 13.8. The van der Waals surface area contributed by atoms with Crippen LogP contribution in [0.4, 0.5) is 9.18 Å². The number of fused-ring (bicyclic) bond motifs is 1. The first-order chi connectivity index (χ1) is 17.4. The number of alkyl halides is 1. The number of carbonyl (C=O) groups is 5. The molecule has 0 spiro atoms. The Balaban J connectivity index is 1.83. The van der Waals surface area contributed by atoms with Crippen LogP contribution in [0.5, 0.6) is 0 Å². The van der Waals surface area contributed by atoms with Crippen LogP contribution in [0.2, 0.25) is 0 Å². The van der Waals surface area contributed by atoms with Crippen LogP contribution >= 0.6 is 0 Å². The number of nitrogens with zero attached hydrogens (tertiary/aromatic N) is 1. The Bertz CT molecular complexity index is 984. The number of ketones is 2. The number of hydrogen-bond acceptors (Lipinski definition) is 5. The topological polar surface area (TPSA) is 125 Å². The molecule has 2 aliphatic carbocycles. The normalized spacial score (nSPS) is 25.9. The smallest absolute Gasteiger partial charge is 0.315 e. The number of urea groups is 1. The highest BCUT2D eigenvalue weighted by atomic mass is 19.1. The fourth-order valence-electron chi connectivity index (χ4n) is 5.93. The number of piperidine rings is 1. The van der Waals surface area contributed by atoms with Gasteiger partial charge in [-0.05, 0) is 48.9 Å². The van der Waals surface area contributed by atoms with Crippen molar-refractivity contribution in [3.05, 3.63) is 0 Å². The largest absolute Gasteiger partial charge is 0.344 e. The van der Waals surface area contributed by atoms with Crippen molar-refractivity contribution in [2.24, 2.45) is 28.6 Å². The molecule has 3 rings (SSSR count). The van der Waals surface area contributed by atoms with Crippen molar-refractivity contribution < 1.29 is 28.4 Å². The Morgan fingerprint density at radius 3 is 2.11 bits per heavy atom. The minimum atomic E-state index is -1.10. The SMILES string of the molecule is CC(=O)C(=O)C(CC1CCC1)NC(=O)[C@@H]1[C@@H]2[C@H](CN1C(=O)[C@@H](NC(=O)NC(C)(C)CF)C(C)(C)C)C2(C)C. The summed E-state index contributed by atoms with van der Waals surface area (Å²) in [5, 5.41) is 8.09. The lowest BCUT2D eigenvalue weighted by Crippen LogP contribution is -2.62. The number of nitrogens with one attached hydrogen (secondary N) is 3. The number of rotatable bonds is 10. The van der Waals surface area contributed by atoms with E-state index in [1.807, 2.05) is 20.8 Å². The molecule has 5 atom stereocenters. The summed E-state index contributed by atoms with van der Waals surface area (Å²) in [6, 6.07) is -3.37. The van der Waals surface area contributed by atoms with Gasteiger partial charge in [0.15, 0.2) is 5.78 Å². The van der Waals surface area contributed by atoms with E-state index in [1.165, 1.54) is 11.8 Å². The number of hydrogen-bond donors (Lipinski definition) is 3. The zero-order valence-electron chi connectivity index (χ0n) is 24.1. The van der Waals surface area contributed by atoms with Gasteiger partial charge < -0.3 is 20.9 Å². The lowest BCUT2D eigenvalue weighted by atomic mass is 9.79. The lowest BCUT2D eigenvalue weighted by Gasteiger charge is -2.38. The maximum Gasteiger partial charge on any atom is 0.315 e. The van der Waals surface area contributed by atoms with E-state index in [-0.39, 0.29) is 23.2 Å². The first kappa shape index (κ1) is 30.0. The molecule has 4 amide bonds. The third kappa shape index (κ3) is 6.20. The van der Waals surface area contributed by atoms with E-state index in [1.54, 1.807) is 13.8 Å². The first-order valence-electron chi connectivity index (χ1n) is 13.7. The van der Waals surface area contributed by atoms with Crippen LogP contribution in [-0.4, -0.2) is 71.2 Å². The molecule has 3 aliphatic rings. The molecular weight excluding hydrogens is 491 g/mol. The number of carbonyl (C=O) groups excluding carboxylic acids is 5. The standard InChI is InChI=1S/C28H45FN4O5/c1-15(34)21(35)18(12-16-10-9-11-16)30-23(36)20-19-17(28(19,7)8)13-33(20)24(37)22(26(2,3)4)31-25(38)32-27(5,6)14-29/h16-20,22H,9-14H2,1-8H3,(H,30,36)(H2,31,32,38)/t17-,18?,19-,20-,22+/m0/s1. The minimum Gasteiger partial charge on any atom is -0.344 e. The number of likely N-dealkylation sites (tertiary alicyclic amines) is 1. The molecule has 0 bridgehead atoms. The van der Waals surface area contributed by atoms with Gasteiger partial charge in [-0.2, -0.15) is 0 Å². The van der Waals surface area contributed by atoms with E-state index in [0.29, 0.717) is 13.0 Å². The van der Waals surface area contributed by atoms with Crippen molar-refractivity contribution in [1.29, 1.82) is 0 Å². The zero-order valence-corrected chi connectivity index (χ0v) is 24.1. The summed E-state index contributed by atoms with van der Waals surface area (Å²) in [4.78, 5) is 66.5. The molecule has 0 aromatic rings. The molecule has 1 saturated heterocycles. The average molecular weight is 537 g/mol. The van der Waals surface area contributed by atoms with Crippen LogP contribution in [0, 0.1) is 28.6 Å². The molecule has 2 saturated carbocycles. The van der Waals surface area contributed by atoms with Gasteiger partial charge in [-0.25, -0.2) is 9.18 Å². The van der Waals surface area contributed by atoms with E-state index < -0.39 is 65.2 Å². The monoisotopic (exact) mass is 536 g/mol. The highest BCUT2D eigenvalue weighted by Crippen LogP contribution is 2.65. The molecule has 0 aromatic heterocycles. The van der Waals surface area contributed by atoms with Gasteiger partial charge >= 0.3 is 6.03 Å². The predicted octanol–water partition coefficient (Wildman–Crippen LogP) is 2.76. The number of Topliss-reactive ketones (excluding diaryl/α,β-unsaturated/α-hetero) is 2. The van der Waals surface area contributed by atoms with Crippen molar-refractivity contribution in [2.75, 3.05) is 13.2 Å². The molecule has 9 nitrogen and oxygen atoms in total. The van der Waals surface area contributed by atoms with Gasteiger partial charge in [0.25, 0.3) is 0 Å². The van der Waals surface area contributed by atoms with E-state index >= 15 is 0 Å². The van der Waals surface area contributed by atoms with Gasteiger partial charge in [-0.1, -0.05) is 53.9 Å². The van der Waals surface area contributed by atoms with E-state index in [4.69, 9.17) is 0 Å². The van der Waals surface area contributed by atoms with Crippen molar-refractivity contribution in [3.8, 4) is 0 Å². The van der Waals surface area contributed by atoms with Crippen LogP contribution < -0.4 is 16.0 Å². The summed E-state index contributed by atoms with van der Waals surface area (Å²) in [7, 11) is 0. The van der Waals surface area contributed by atoms with Crippen LogP contribution in [0.3, 0.4) is 0 Å². The Morgan fingerprint density at radius 2 is 1.63 bits per heavy atom. The number of halogens is 1. The van der Waals surface area contributed by atoms with Crippen LogP contribution in [0.25, 0.3) is 0 Å². The van der Waals surface area contributed by atoms with Gasteiger partial charge in [0.1, 0.15) is 18.8 Å². The van der Waals surface area contributed by atoms with E-state index in [9.17, 15) is 28.4 Å². The lowest BCUT2D eigenvalue weighted by molar-refractivity contribution is -0.145. The van der Waals surface area contributed by atoms with Gasteiger partial charge in [-0.3, -0.25) is 19.2 Å². The first-order valence-corrected chi connectivity index (χ1v) is 13.7. The molecule has 3 fully saturated rings. The molecule has 214 valence electrons. The highest BCUT2D eigenvalue weighted by Gasteiger charge is 2.70. The maximum atomic E-state index is 13.9. The van der Waals surface area contributed by atoms with E-state index in [2.05, 4.69) is 29.8 Å². The summed E-state index contributed by atoms with van der Waals surface area (Å²) in [5.41, 5.74) is -1.95. The molecular formula is C28H45FN4O5. The predicted molar refractivity (Wildman–Crippen MR) is 141 cm³/mol. The van der Waals surface area contributed by atoms with Crippen molar-refractivity contribution in [2.45, 2.75) is 105 Å². The summed E-state index contributed by atoms with van der Waals surface area (Å²) < 4.78 is 13.3. The summed E-state index contributed by atoms with van der Waals surface area (Å²) in [6.45, 7) is 13.4. The van der Waals surface area contributed by atoms with Crippen LogP contribution in [0.15, 0.2) is 0 Å². The minimum absolute atomic E-state index is 0.0943. The molecule has 10 heteroatoms. The van der Waals surface area contributed by atoms with Gasteiger partial charge in [0.2, 0.25) is 17.6 Å². The van der Waals surface area contributed by atoms with Crippen molar-refractivity contribution in [3.63, 3.8) is 0 Å². The van der Waals surface area contributed by atoms with Crippen molar-refractivity contribution >= 4 is 29.4 Å². The quantitative estimate of drug-likeness (QED) is 0.371. The third-order valence-electron chi connectivity index (χ3n) is 8.71. The fraction of sp³-hybridized carbons (Fsp3) is 0.821. The van der Waals surface area contributed by atoms with Gasteiger partial charge in [0, 0.05) is 13.5 Å².